The maximum absolute atomic E-state index is 12.1. The van der Waals surface area contributed by atoms with Crippen LogP contribution in [-0.2, 0) is 6.42 Å². The highest BCUT2D eigenvalue weighted by Crippen LogP contribution is 2.31. The molecule has 2 amide bonds. The molecule has 3 N–H and O–H groups in total. The molecule has 0 saturated carbocycles. The molecule has 3 rings (SSSR count). The molecule has 122 valence electrons. The molecule has 1 aromatic carbocycles. The molecule has 1 unspecified atom stereocenters. The summed E-state index contributed by atoms with van der Waals surface area (Å²) in [6.07, 6.45) is 4.42. The first kappa shape index (κ1) is 15.4. The van der Waals surface area contributed by atoms with Crippen molar-refractivity contribution in [3.8, 4) is 5.75 Å². The lowest BCUT2D eigenvalue weighted by Gasteiger charge is -2.26. The van der Waals surface area contributed by atoms with Crippen LogP contribution < -0.4 is 15.4 Å². The molecule has 0 saturated heterocycles. The monoisotopic (exact) mass is 314 g/mol. The summed E-state index contributed by atoms with van der Waals surface area (Å²) in [4.78, 5) is 12.1. The van der Waals surface area contributed by atoms with Gasteiger partial charge in [0.2, 0.25) is 0 Å². The third-order valence-corrected chi connectivity index (χ3v) is 4.11. The van der Waals surface area contributed by atoms with E-state index in [9.17, 15) is 4.79 Å². The van der Waals surface area contributed by atoms with Crippen molar-refractivity contribution in [2.45, 2.75) is 32.2 Å². The number of hydrogen-bond donors (Lipinski definition) is 3. The Morgan fingerprint density at radius 3 is 3.13 bits per heavy atom. The normalized spacial score (nSPS) is 16.3. The molecule has 1 aliphatic heterocycles. The molecule has 1 atom stereocenters. The average Bonchev–Trinajstić information content (AvgIpc) is 2.97. The number of carbonyl (C=O) groups excluding carboxylic acids is 1. The summed E-state index contributed by atoms with van der Waals surface area (Å²) in [5.41, 5.74) is 3.33. The van der Waals surface area contributed by atoms with Crippen LogP contribution in [-0.4, -0.2) is 29.4 Å². The van der Waals surface area contributed by atoms with E-state index in [2.05, 4.69) is 20.8 Å². The molecule has 0 aliphatic carbocycles. The second kappa shape index (κ2) is 7.17. The van der Waals surface area contributed by atoms with Gasteiger partial charge in [-0.05, 0) is 31.4 Å². The van der Waals surface area contributed by atoms with Crippen LogP contribution in [0.1, 0.15) is 35.7 Å². The minimum atomic E-state index is -0.129. The van der Waals surface area contributed by atoms with Gasteiger partial charge in [0.25, 0.3) is 0 Å². The van der Waals surface area contributed by atoms with Gasteiger partial charge in [-0.2, -0.15) is 5.10 Å². The molecular formula is C17H22N4O2. The lowest BCUT2D eigenvalue weighted by atomic mass is 10.0. The number of ether oxygens (including phenoxy) is 1. The minimum absolute atomic E-state index is 0.0102. The third kappa shape index (κ3) is 3.83. The van der Waals surface area contributed by atoms with Gasteiger partial charge in [-0.25, -0.2) is 4.79 Å². The Labute approximate surface area is 135 Å². The van der Waals surface area contributed by atoms with E-state index in [1.54, 1.807) is 0 Å². The zero-order valence-corrected chi connectivity index (χ0v) is 13.3. The van der Waals surface area contributed by atoms with Gasteiger partial charge in [-0.15, -0.1) is 0 Å². The van der Waals surface area contributed by atoms with E-state index in [4.69, 9.17) is 4.74 Å². The second-order valence-corrected chi connectivity index (χ2v) is 5.75. The molecule has 6 heteroatoms. The maximum atomic E-state index is 12.1. The number of aryl methyl sites for hydroxylation is 2. The van der Waals surface area contributed by atoms with Crippen LogP contribution in [0.15, 0.2) is 30.5 Å². The molecule has 0 fully saturated rings. The fourth-order valence-corrected chi connectivity index (χ4v) is 2.81. The van der Waals surface area contributed by atoms with Crippen molar-refractivity contribution >= 4 is 6.03 Å². The fraction of sp³-hybridized carbons (Fsp3) is 0.412. The number of rotatable bonds is 5. The predicted octanol–water partition coefficient (Wildman–Crippen LogP) is 2.47. The number of para-hydroxylation sites is 1. The van der Waals surface area contributed by atoms with Crippen molar-refractivity contribution in [3.63, 3.8) is 0 Å². The second-order valence-electron chi connectivity index (χ2n) is 5.75. The Bertz CT molecular complexity index is 668. The van der Waals surface area contributed by atoms with Crippen LogP contribution in [0.5, 0.6) is 5.75 Å². The average molecular weight is 314 g/mol. The molecule has 0 bridgehead atoms. The van der Waals surface area contributed by atoms with Gasteiger partial charge < -0.3 is 15.4 Å². The molecule has 1 aromatic heterocycles. The van der Waals surface area contributed by atoms with E-state index in [-0.39, 0.29) is 12.1 Å². The van der Waals surface area contributed by atoms with Gasteiger partial charge in [-0.3, -0.25) is 5.10 Å². The largest absolute Gasteiger partial charge is 0.493 e. The van der Waals surface area contributed by atoms with Gasteiger partial charge in [0.05, 0.1) is 18.8 Å². The highest BCUT2D eigenvalue weighted by molar-refractivity contribution is 5.74. The first-order chi connectivity index (χ1) is 11.2. The summed E-state index contributed by atoms with van der Waals surface area (Å²) < 4.78 is 5.61. The Morgan fingerprint density at radius 2 is 2.30 bits per heavy atom. The van der Waals surface area contributed by atoms with Gasteiger partial charge in [0.1, 0.15) is 5.75 Å². The maximum Gasteiger partial charge on any atom is 0.315 e. The van der Waals surface area contributed by atoms with Crippen LogP contribution in [0.25, 0.3) is 0 Å². The summed E-state index contributed by atoms with van der Waals surface area (Å²) in [6.45, 7) is 3.27. The summed E-state index contributed by atoms with van der Waals surface area (Å²) in [5.74, 6) is 0.861. The third-order valence-electron chi connectivity index (χ3n) is 4.11. The number of benzene rings is 1. The molecule has 2 aromatic rings. The Balaban J connectivity index is 1.44. The van der Waals surface area contributed by atoms with Crippen LogP contribution in [0.3, 0.4) is 0 Å². The zero-order valence-electron chi connectivity index (χ0n) is 13.3. The van der Waals surface area contributed by atoms with Crippen molar-refractivity contribution in [2.75, 3.05) is 13.2 Å². The summed E-state index contributed by atoms with van der Waals surface area (Å²) in [6, 6.07) is 7.73. The van der Waals surface area contributed by atoms with E-state index in [0.717, 1.165) is 36.3 Å². The highest BCUT2D eigenvalue weighted by atomic mass is 16.5. The standard InChI is InChI=1S/C17H22N4O2/c1-12-13(11-19-21-12)5-4-9-18-17(22)20-15-8-10-23-16-7-3-2-6-14(15)16/h2-3,6-7,11,15H,4-5,8-10H2,1H3,(H,19,21)(H2,18,20,22). The Kier molecular flexibility index (Phi) is 4.80. The topological polar surface area (TPSA) is 79.0 Å². The number of urea groups is 1. The number of aromatic amines is 1. The molecular weight excluding hydrogens is 292 g/mol. The molecule has 2 heterocycles. The van der Waals surface area contributed by atoms with E-state index >= 15 is 0 Å². The number of nitrogens with one attached hydrogen (secondary N) is 3. The van der Waals surface area contributed by atoms with E-state index < -0.39 is 0 Å². The van der Waals surface area contributed by atoms with Crippen LogP contribution in [0.4, 0.5) is 4.79 Å². The molecule has 1 aliphatic rings. The fourth-order valence-electron chi connectivity index (χ4n) is 2.81. The summed E-state index contributed by atoms with van der Waals surface area (Å²) in [5, 5.41) is 12.9. The number of fused-ring (bicyclic) bond motifs is 1. The van der Waals surface area contributed by atoms with E-state index in [0.29, 0.717) is 13.2 Å². The van der Waals surface area contributed by atoms with E-state index in [1.807, 2.05) is 37.4 Å². The number of H-pyrrole nitrogens is 1. The number of nitrogens with zero attached hydrogens (tertiary/aromatic N) is 1. The minimum Gasteiger partial charge on any atom is -0.493 e. The number of carbonyl (C=O) groups is 1. The van der Waals surface area contributed by atoms with Gasteiger partial charge in [0, 0.05) is 24.2 Å². The summed E-state index contributed by atoms with van der Waals surface area (Å²) in [7, 11) is 0. The van der Waals surface area contributed by atoms with Crippen molar-refractivity contribution in [1.82, 2.24) is 20.8 Å². The van der Waals surface area contributed by atoms with Crippen molar-refractivity contribution in [2.24, 2.45) is 0 Å². The number of hydrogen-bond acceptors (Lipinski definition) is 3. The molecule has 0 spiro atoms. The van der Waals surface area contributed by atoms with Crippen LogP contribution in [0.2, 0.25) is 0 Å². The lowest BCUT2D eigenvalue weighted by molar-refractivity contribution is 0.223. The van der Waals surface area contributed by atoms with E-state index in [1.165, 1.54) is 5.56 Å². The molecule has 6 nitrogen and oxygen atoms in total. The van der Waals surface area contributed by atoms with Crippen LogP contribution in [0, 0.1) is 6.92 Å². The van der Waals surface area contributed by atoms with Gasteiger partial charge in [-0.1, -0.05) is 18.2 Å². The molecule has 23 heavy (non-hydrogen) atoms. The summed E-state index contributed by atoms with van der Waals surface area (Å²) >= 11 is 0. The molecule has 0 radical (unpaired) electrons. The van der Waals surface area contributed by atoms with Crippen molar-refractivity contribution in [3.05, 3.63) is 47.3 Å². The van der Waals surface area contributed by atoms with Crippen LogP contribution >= 0.6 is 0 Å². The Hall–Kier alpha value is -2.50. The van der Waals surface area contributed by atoms with Gasteiger partial charge >= 0.3 is 6.03 Å². The van der Waals surface area contributed by atoms with Crippen molar-refractivity contribution < 1.29 is 9.53 Å². The Morgan fingerprint density at radius 1 is 1.43 bits per heavy atom. The number of amides is 2. The smallest absolute Gasteiger partial charge is 0.315 e. The predicted molar refractivity (Wildman–Crippen MR) is 87.5 cm³/mol. The van der Waals surface area contributed by atoms with Gasteiger partial charge in [0.15, 0.2) is 0 Å². The zero-order chi connectivity index (χ0) is 16.1. The highest BCUT2D eigenvalue weighted by Gasteiger charge is 2.22. The quantitative estimate of drug-likeness (QED) is 0.742. The number of aromatic nitrogens is 2. The SMILES string of the molecule is Cc1[nH]ncc1CCCNC(=O)NC1CCOc2ccccc21. The first-order valence-corrected chi connectivity index (χ1v) is 7.99. The lowest BCUT2D eigenvalue weighted by Crippen LogP contribution is -2.40. The first-order valence-electron chi connectivity index (χ1n) is 7.99. The van der Waals surface area contributed by atoms with Crippen molar-refractivity contribution in [1.29, 1.82) is 0 Å².